The summed E-state index contributed by atoms with van der Waals surface area (Å²) in [7, 11) is 0. The Kier molecular flexibility index (Phi) is 14.0. The maximum absolute atomic E-state index is 15.3. The zero-order valence-electron chi connectivity index (χ0n) is 37.2. The van der Waals surface area contributed by atoms with Gasteiger partial charge in [0.15, 0.2) is 0 Å². The fourth-order valence-electron chi connectivity index (χ4n) is 16.8. The SMILES string of the molecule is CC1[C@@H](C)C2(O)C(C)C(C)C3(c4cc[c-]cc4)C4=C5C6=C(C1(c1cc[c-]cc1)[C@H](C)[C@H](C)C6(c1cc[c-]cc1)C(C)[C@H](C)C5(c1cc[c-]cc1)C(C)[C@@H]3C)C42O.[Y].[Y].[Y].[Y]. The molecule has 4 aromatic rings. The van der Waals surface area contributed by atoms with Crippen LogP contribution in [0.15, 0.2) is 119 Å². The Bertz CT molecular complexity index is 2140. The van der Waals surface area contributed by atoms with Crippen LogP contribution >= 0.6 is 0 Å². The van der Waals surface area contributed by atoms with Crippen molar-refractivity contribution in [2.24, 2.45) is 59.2 Å². The monoisotopic (exact) mass is 1090 g/mol. The summed E-state index contributed by atoms with van der Waals surface area (Å²) < 4.78 is 0. The molecule has 11 unspecified atom stereocenters. The molecule has 6 heteroatoms. The molecule has 2 N–H and O–H groups in total. The van der Waals surface area contributed by atoms with E-state index < -0.39 is 32.9 Å². The van der Waals surface area contributed by atoms with Gasteiger partial charge in [0.1, 0.15) is 11.2 Å². The van der Waals surface area contributed by atoms with Gasteiger partial charge in [-0.15, -0.1) is 22.3 Å². The molecule has 4 aromatic carbocycles. The van der Waals surface area contributed by atoms with Crippen LogP contribution in [-0.4, -0.2) is 21.4 Å². The number of rotatable bonds is 4. The molecule has 0 heterocycles. The first-order valence-electron chi connectivity index (χ1n) is 21.6. The van der Waals surface area contributed by atoms with Crippen molar-refractivity contribution in [1.29, 1.82) is 0 Å². The maximum atomic E-state index is 15.3. The first-order chi connectivity index (χ1) is 26.7. The fraction of sp³-hybridized carbons (Fsp3) is 0.481. The van der Waals surface area contributed by atoms with Crippen molar-refractivity contribution in [3.63, 3.8) is 0 Å². The van der Waals surface area contributed by atoms with Crippen LogP contribution in [0.5, 0.6) is 0 Å². The Morgan fingerprint density at radius 1 is 0.333 bits per heavy atom. The average molecular weight is 1090 g/mol. The quantitative estimate of drug-likeness (QED) is 0.200. The van der Waals surface area contributed by atoms with Crippen molar-refractivity contribution in [3.05, 3.63) is 166 Å². The van der Waals surface area contributed by atoms with Crippen molar-refractivity contribution >= 4 is 0 Å². The third-order valence-electron chi connectivity index (χ3n) is 19.4. The molecule has 0 bridgehead atoms. The van der Waals surface area contributed by atoms with Crippen LogP contribution < -0.4 is 0 Å². The Morgan fingerprint density at radius 3 is 0.783 bits per heavy atom. The van der Waals surface area contributed by atoms with Crippen molar-refractivity contribution in [2.75, 3.05) is 0 Å². The number of aliphatic hydroxyl groups is 2. The summed E-state index contributed by atoms with van der Waals surface area (Å²) in [5, 5.41) is 29.6. The van der Waals surface area contributed by atoms with E-state index in [4.69, 9.17) is 0 Å². The second-order valence-electron chi connectivity index (χ2n) is 19.6. The summed E-state index contributed by atoms with van der Waals surface area (Å²) in [4.78, 5) is 0. The normalized spacial score (nSPS) is 44.1. The van der Waals surface area contributed by atoms with E-state index in [1.807, 2.05) is 0 Å². The minimum absolute atomic E-state index is 0. The molecule has 0 aliphatic heterocycles. The molecule has 0 saturated heterocycles. The summed E-state index contributed by atoms with van der Waals surface area (Å²) in [6.45, 7) is 24.5. The summed E-state index contributed by atoms with van der Waals surface area (Å²) in [6.07, 6.45) is 0. The maximum Gasteiger partial charge on any atom is 0.139 e. The Hall–Kier alpha value is 0.696. The van der Waals surface area contributed by atoms with E-state index in [2.05, 4.69) is 191 Å². The molecule has 6 aliphatic rings. The number of benzene rings is 4. The molecule has 6 aliphatic carbocycles. The van der Waals surface area contributed by atoms with Gasteiger partial charge in [-0.2, -0.15) is 121 Å². The summed E-state index contributed by atoms with van der Waals surface area (Å²) in [6, 6.07) is 48.6. The predicted molar refractivity (Wildman–Crippen MR) is 223 cm³/mol. The first-order valence-corrected chi connectivity index (χ1v) is 21.6. The van der Waals surface area contributed by atoms with Crippen LogP contribution in [-0.2, 0) is 152 Å². The number of hydrogen-bond donors (Lipinski definition) is 2. The minimum Gasteiger partial charge on any atom is -0.386 e. The van der Waals surface area contributed by atoms with Gasteiger partial charge in [-0.05, 0) is 81.5 Å². The van der Waals surface area contributed by atoms with Crippen molar-refractivity contribution in [1.82, 2.24) is 0 Å². The van der Waals surface area contributed by atoms with Gasteiger partial charge < -0.3 is 10.2 Å². The van der Waals surface area contributed by atoms with Crippen LogP contribution in [0.25, 0.3) is 0 Å². The van der Waals surface area contributed by atoms with Crippen LogP contribution in [0.1, 0.15) is 91.5 Å². The Labute approximate surface area is 461 Å². The molecule has 60 heavy (non-hydrogen) atoms. The Balaban J connectivity index is 0.00000151. The third-order valence-corrected chi connectivity index (χ3v) is 19.4. The van der Waals surface area contributed by atoms with E-state index in [9.17, 15) is 5.11 Å². The van der Waals surface area contributed by atoms with Crippen LogP contribution in [0.4, 0.5) is 0 Å². The fourth-order valence-corrected chi connectivity index (χ4v) is 16.8. The van der Waals surface area contributed by atoms with Gasteiger partial charge in [-0.3, -0.25) is 0 Å². The third kappa shape index (κ3) is 5.21. The van der Waals surface area contributed by atoms with Gasteiger partial charge in [0.25, 0.3) is 0 Å². The number of allylic oxidation sites excluding steroid dienone is 2. The molecule has 302 valence electrons. The van der Waals surface area contributed by atoms with Gasteiger partial charge in [-0.25, -0.2) is 0 Å². The molecule has 4 radical (unpaired) electrons. The molecule has 16 atom stereocenters. The second-order valence-corrected chi connectivity index (χ2v) is 19.6. The molecule has 10 rings (SSSR count). The van der Waals surface area contributed by atoms with Gasteiger partial charge in [-0.1, -0.05) is 69.2 Å². The molecule has 3 saturated carbocycles. The van der Waals surface area contributed by atoms with E-state index in [0.717, 1.165) is 11.1 Å². The van der Waals surface area contributed by atoms with E-state index in [-0.39, 0.29) is 190 Å². The van der Waals surface area contributed by atoms with Crippen molar-refractivity contribution in [3.8, 4) is 0 Å². The summed E-state index contributed by atoms with van der Waals surface area (Å²) >= 11 is 0. The largest absolute Gasteiger partial charge is 0.386 e. The van der Waals surface area contributed by atoms with Gasteiger partial charge in [0.05, 0.1) is 0 Å². The molecule has 2 nitrogen and oxygen atoms in total. The summed E-state index contributed by atoms with van der Waals surface area (Å²) in [5.74, 6) is 0.628. The minimum atomic E-state index is -1.64. The van der Waals surface area contributed by atoms with Gasteiger partial charge in [0.2, 0.25) is 0 Å². The average Bonchev–Trinajstić information content (AvgIpc) is 3.52. The zero-order valence-corrected chi connectivity index (χ0v) is 48.6. The van der Waals surface area contributed by atoms with Crippen LogP contribution in [0.2, 0.25) is 0 Å². The van der Waals surface area contributed by atoms with E-state index in [1.54, 1.807) is 0 Å². The van der Waals surface area contributed by atoms with Crippen LogP contribution in [0, 0.1) is 83.4 Å². The van der Waals surface area contributed by atoms with Crippen molar-refractivity contribution < 1.29 is 141 Å². The van der Waals surface area contributed by atoms with Gasteiger partial charge in [0, 0.05) is 152 Å². The zero-order chi connectivity index (χ0) is 39.5. The second kappa shape index (κ2) is 16.8. The predicted octanol–water partition coefficient (Wildman–Crippen LogP) is 10.4. The van der Waals surface area contributed by atoms with E-state index in [0.29, 0.717) is 0 Å². The smallest absolute Gasteiger partial charge is 0.139 e. The first kappa shape index (κ1) is 50.1. The molecule has 3 fully saturated rings. The molecule has 0 amide bonds. The van der Waals surface area contributed by atoms with Gasteiger partial charge >= 0.3 is 0 Å². The van der Waals surface area contributed by atoms with E-state index in [1.165, 1.54) is 33.4 Å². The Morgan fingerprint density at radius 2 is 0.533 bits per heavy atom. The topological polar surface area (TPSA) is 40.5 Å². The van der Waals surface area contributed by atoms with Crippen molar-refractivity contribution in [2.45, 2.75) is 102 Å². The number of hydrogen-bond acceptors (Lipinski definition) is 2. The molecule has 0 aromatic heterocycles. The van der Waals surface area contributed by atoms with Crippen LogP contribution in [0.3, 0.4) is 0 Å². The molecular weight excluding hydrogens is 1040 g/mol. The molecule has 0 spiro atoms. The standard InChI is InChI=1S/C54H58O2.4Y/c1-31-32(2)50(42-25-17-12-18-26-42)34(4)36(6)52(44-29-21-14-22-30-44)38(8)40(10)53(55)39(9)37(7)51(43-27-19-13-20-28-43)35(5)33(3)49(31,41-23-15-11-16-24-41)45-46(50)48(52)54(53,56)47(45)51;;;;/h15-40,55-56H,1-10H3;;;;/q-4;;;;/t31-,32?,33?,34-,35-,36+,37?,38?,39?,40+,49?,50?,51?,52?,53?,54?;;;;/m0..../s1. The summed E-state index contributed by atoms with van der Waals surface area (Å²) in [5.41, 5.74) is 4.87. The molecular formula is C54H58O2Y4-4. The van der Waals surface area contributed by atoms with E-state index >= 15 is 5.11 Å².